The predicted octanol–water partition coefficient (Wildman–Crippen LogP) is 3.36. The van der Waals surface area contributed by atoms with E-state index in [4.69, 9.17) is 5.73 Å². The zero-order valence-electron chi connectivity index (χ0n) is 9.24. The van der Waals surface area contributed by atoms with Crippen LogP contribution in [0.4, 0.5) is 4.39 Å². The minimum absolute atomic E-state index is 0.0448. The van der Waals surface area contributed by atoms with Crippen LogP contribution in [0.15, 0.2) is 24.3 Å². The van der Waals surface area contributed by atoms with Gasteiger partial charge in [0.05, 0.1) is 0 Å². The van der Waals surface area contributed by atoms with Crippen molar-refractivity contribution in [3.63, 3.8) is 0 Å². The SMILES string of the molecule is CCCSC(c1cccc(F)c1)C(C)N. The molecule has 1 aromatic carbocycles. The van der Waals surface area contributed by atoms with Crippen LogP contribution in [0.3, 0.4) is 0 Å². The van der Waals surface area contributed by atoms with Gasteiger partial charge in [0, 0.05) is 11.3 Å². The van der Waals surface area contributed by atoms with Crippen LogP contribution >= 0.6 is 11.8 Å². The van der Waals surface area contributed by atoms with Crippen LogP contribution in [0, 0.1) is 5.82 Å². The van der Waals surface area contributed by atoms with Crippen LogP contribution in [0.2, 0.25) is 0 Å². The number of nitrogens with two attached hydrogens (primary N) is 1. The van der Waals surface area contributed by atoms with Gasteiger partial charge in [0.25, 0.3) is 0 Å². The third kappa shape index (κ3) is 3.84. The molecule has 1 rings (SSSR count). The van der Waals surface area contributed by atoms with Gasteiger partial charge >= 0.3 is 0 Å². The van der Waals surface area contributed by atoms with Crippen molar-refractivity contribution < 1.29 is 4.39 Å². The summed E-state index contributed by atoms with van der Waals surface area (Å²) >= 11 is 1.80. The third-order valence-electron chi connectivity index (χ3n) is 2.16. The van der Waals surface area contributed by atoms with E-state index in [1.807, 2.05) is 13.0 Å². The first-order valence-corrected chi connectivity index (χ1v) is 6.32. The van der Waals surface area contributed by atoms with Crippen molar-refractivity contribution >= 4 is 11.8 Å². The number of benzene rings is 1. The van der Waals surface area contributed by atoms with Gasteiger partial charge in [-0.3, -0.25) is 0 Å². The van der Waals surface area contributed by atoms with E-state index < -0.39 is 0 Å². The van der Waals surface area contributed by atoms with E-state index in [-0.39, 0.29) is 17.1 Å². The Kier molecular flexibility index (Phi) is 5.12. The van der Waals surface area contributed by atoms with Crippen molar-refractivity contribution in [2.24, 2.45) is 5.73 Å². The molecule has 1 nitrogen and oxygen atoms in total. The van der Waals surface area contributed by atoms with E-state index >= 15 is 0 Å². The molecular formula is C12H18FNS. The minimum atomic E-state index is -0.185. The molecule has 0 amide bonds. The van der Waals surface area contributed by atoms with Crippen LogP contribution in [-0.2, 0) is 0 Å². The Labute approximate surface area is 95.2 Å². The summed E-state index contributed by atoms with van der Waals surface area (Å²) in [6.07, 6.45) is 1.11. The Morgan fingerprint density at radius 1 is 1.47 bits per heavy atom. The Morgan fingerprint density at radius 2 is 2.20 bits per heavy atom. The molecule has 0 saturated heterocycles. The number of halogens is 1. The summed E-state index contributed by atoms with van der Waals surface area (Å²) in [5.74, 6) is 0.873. The maximum atomic E-state index is 13.1. The fourth-order valence-electron chi connectivity index (χ4n) is 1.48. The van der Waals surface area contributed by atoms with Gasteiger partial charge in [-0.2, -0.15) is 11.8 Å². The summed E-state index contributed by atoms with van der Waals surface area (Å²) < 4.78 is 13.1. The highest BCUT2D eigenvalue weighted by molar-refractivity contribution is 7.99. The maximum Gasteiger partial charge on any atom is 0.123 e. The van der Waals surface area contributed by atoms with Gasteiger partial charge in [-0.1, -0.05) is 19.1 Å². The molecule has 0 aliphatic heterocycles. The molecule has 1 aromatic rings. The highest BCUT2D eigenvalue weighted by Gasteiger charge is 2.16. The maximum absolute atomic E-state index is 13.1. The number of hydrogen-bond acceptors (Lipinski definition) is 2. The van der Waals surface area contributed by atoms with Crippen LogP contribution in [-0.4, -0.2) is 11.8 Å². The fraction of sp³-hybridized carbons (Fsp3) is 0.500. The summed E-state index contributed by atoms with van der Waals surface area (Å²) in [6.45, 7) is 4.11. The molecule has 0 heterocycles. The average Bonchev–Trinajstić information content (AvgIpc) is 2.18. The predicted molar refractivity (Wildman–Crippen MR) is 65.5 cm³/mol. The van der Waals surface area contributed by atoms with E-state index in [2.05, 4.69) is 6.92 Å². The number of thioether (sulfide) groups is 1. The lowest BCUT2D eigenvalue weighted by molar-refractivity contribution is 0.622. The molecule has 2 N–H and O–H groups in total. The molecule has 3 heteroatoms. The summed E-state index contributed by atoms with van der Waals surface area (Å²) in [7, 11) is 0. The summed E-state index contributed by atoms with van der Waals surface area (Å²) in [5.41, 5.74) is 6.91. The van der Waals surface area contributed by atoms with E-state index in [0.29, 0.717) is 0 Å². The molecule has 0 saturated carbocycles. The smallest absolute Gasteiger partial charge is 0.123 e. The van der Waals surface area contributed by atoms with Crippen LogP contribution in [0.1, 0.15) is 31.1 Å². The van der Waals surface area contributed by atoms with Crippen molar-refractivity contribution in [1.82, 2.24) is 0 Å². The van der Waals surface area contributed by atoms with E-state index in [1.165, 1.54) is 6.07 Å². The second kappa shape index (κ2) is 6.13. The summed E-state index contributed by atoms with van der Waals surface area (Å²) in [4.78, 5) is 0. The molecule has 0 radical (unpaired) electrons. The lowest BCUT2D eigenvalue weighted by Gasteiger charge is -2.20. The van der Waals surface area contributed by atoms with Gasteiger partial charge in [-0.15, -0.1) is 0 Å². The van der Waals surface area contributed by atoms with Gasteiger partial charge in [0.2, 0.25) is 0 Å². The lowest BCUT2D eigenvalue weighted by Crippen LogP contribution is -2.23. The largest absolute Gasteiger partial charge is 0.327 e. The molecule has 0 fully saturated rings. The molecule has 2 atom stereocenters. The first-order valence-electron chi connectivity index (χ1n) is 5.27. The zero-order valence-corrected chi connectivity index (χ0v) is 10.1. The molecule has 0 aliphatic carbocycles. The molecule has 15 heavy (non-hydrogen) atoms. The van der Waals surface area contributed by atoms with Crippen LogP contribution < -0.4 is 5.73 Å². The second-order valence-electron chi connectivity index (χ2n) is 3.71. The average molecular weight is 227 g/mol. The Morgan fingerprint density at radius 3 is 2.73 bits per heavy atom. The van der Waals surface area contributed by atoms with Gasteiger partial charge in [-0.25, -0.2) is 4.39 Å². The topological polar surface area (TPSA) is 26.0 Å². The zero-order chi connectivity index (χ0) is 11.3. The second-order valence-corrected chi connectivity index (χ2v) is 4.95. The van der Waals surface area contributed by atoms with Crippen molar-refractivity contribution in [1.29, 1.82) is 0 Å². The highest BCUT2D eigenvalue weighted by atomic mass is 32.2. The van der Waals surface area contributed by atoms with Gasteiger partial charge < -0.3 is 5.73 Å². The Bertz CT molecular complexity index is 301. The molecule has 2 unspecified atom stereocenters. The summed E-state index contributed by atoms with van der Waals surface area (Å²) in [5, 5.41) is 0.195. The lowest BCUT2D eigenvalue weighted by atomic mass is 10.1. The Hall–Kier alpha value is -0.540. The fourth-order valence-corrected chi connectivity index (χ4v) is 2.61. The van der Waals surface area contributed by atoms with Gasteiger partial charge in [-0.05, 0) is 36.8 Å². The first-order chi connectivity index (χ1) is 7.15. The monoisotopic (exact) mass is 227 g/mol. The summed E-state index contributed by atoms with van der Waals surface area (Å²) in [6, 6.07) is 6.78. The molecule has 0 spiro atoms. The molecule has 0 aliphatic rings. The van der Waals surface area contributed by atoms with Crippen LogP contribution in [0.25, 0.3) is 0 Å². The number of hydrogen-bond donors (Lipinski definition) is 1. The molecule has 0 aromatic heterocycles. The quantitative estimate of drug-likeness (QED) is 0.834. The van der Waals surface area contributed by atoms with Crippen LogP contribution in [0.5, 0.6) is 0 Å². The molecule has 0 bridgehead atoms. The normalized spacial score (nSPS) is 14.9. The number of rotatable bonds is 5. The standard InChI is InChI=1S/C12H18FNS/c1-3-7-15-12(9(2)14)10-5-4-6-11(13)8-10/h4-6,8-9,12H,3,7,14H2,1-2H3. The van der Waals surface area contributed by atoms with Crippen molar-refractivity contribution in [2.45, 2.75) is 31.6 Å². The highest BCUT2D eigenvalue weighted by Crippen LogP contribution is 2.31. The molecule has 84 valence electrons. The van der Waals surface area contributed by atoms with Gasteiger partial charge in [0.15, 0.2) is 0 Å². The van der Waals surface area contributed by atoms with E-state index in [9.17, 15) is 4.39 Å². The first kappa shape index (κ1) is 12.5. The van der Waals surface area contributed by atoms with Crippen molar-refractivity contribution in [3.8, 4) is 0 Å². The van der Waals surface area contributed by atoms with Crippen molar-refractivity contribution in [2.75, 3.05) is 5.75 Å². The van der Waals surface area contributed by atoms with Gasteiger partial charge in [0.1, 0.15) is 5.82 Å². The third-order valence-corrected chi connectivity index (χ3v) is 3.86. The molecular weight excluding hydrogens is 209 g/mol. The van der Waals surface area contributed by atoms with E-state index in [0.717, 1.165) is 17.7 Å². The minimum Gasteiger partial charge on any atom is -0.327 e. The van der Waals surface area contributed by atoms with E-state index in [1.54, 1.807) is 23.9 Å². The van der Waals surface area contributed by atoms with Crippen molar-refractivity contribution in [3.05, 3.63) is 35.6 Å². The Balaban J connectivity index is 2.79.